The topological polar surface area (TPSA) is 75.9 Å². The number of nitriles is 1. The molecule has 2 aromatic rings. The first-order valence-electron chi connectivity index (χ1n) is 5.53. The zero-order valence-electron chi connectivity index (χ0n) is 10.6. The van der Waals surface area contributed by atoms with Gasteiger partial charge in [0.15, 0.2) is 11.6 Å². The molecule has 5 nitrogen and oxygen atoms in total. The van der Waals surface area contributed by atoms with E-state index in [9.17, 15) is 9.18 Å². The quantitative estimate of drug-likeness (QED) is 0.805. The van der Waals surface area contributed by atoms with Crippen molar-refractivity contribution in [2.75, 3.05) is 6.26 Å². The summed E-state index contributed by atoms with van der Waals surface area (Å²) in [6.07, 6.45) is 2.67. The fourth-order valence-electron chi connectivity index (χ4n) is 1.46. The van der Waals surface area contributed by atoms with Crippen molar-refractivity contribution in [2.24, 2.45) is 0 Å². The van der Waals surface area contributed by atoms with E-state index in [1.807, 2.05) is 0 Å². The minimum Gasteiger partial charge on any atom is -0.435 e. The Morgan fingerprint density at radius 1 is 1.48 bits per heavy atom. The second-order valence-corrected chi connectivity index (χ2v) is 4.83. The number of rotatable bonds is 3. The Labute approximate surface area is 128 Å². The number of carbonyl (C=O) groups is 1. The molecular weight excluding hydrogens is 317 g/mol. The number of hydrogen-bond donors (Lipinski definition) is 0. The Morgan fingerprint density at radius 3 is 2.86 bits per heavy atom. The number of benzene rings is 1. The van der Waals surface area contributed by atoms with Gasteiger partial charge in [0, 0.05) is 0 Å². The summed E-state index contributed by atoms with van der Waals surface area (Å²) in [5.41, 5.74) is 0.122. The van der Waals surface area contributed by atoms with Crippen LogP contribution in [-0.2, 0) is 0 Å². The van der Waals surface area contributed by atoms with Gasteiger partial charge in [0.25, 0.3) is 0 Å². The van der Waals surface area contributed by atoms with E-state index in [0.29, 0.717) is 0 Å². The van der Waals surface area contributed by atoms with E-state index in [1.165, 1.54) is 12.1 Å². The van der Waals surface area contributed by atoms with E-state index in [-0.39, 0.29) is 27.9 Å². The third kappa shape index (κ3) is 3.29. The lowest BCUT2D eigenvalue weighted by atomic mass is 10.2. The molecule has 0 radical (unpaired) electrons. The zero-order valence-corrected chi connectivity index (χ0v) is 12.2. The summed E-state index contributed by atoms with van der Waals surface area (Å²) in [4.78, 5) is 19.3. The second kappa shape index (κ2) is 6.52. The molecule has 0 aliphatic carbocycles. The van der Waals surface area contributed by atoms with Gasteiger partial charge in [-0.25, -0.2) is 14.4 Å². The van der Waals surface area contributed by atoms with Crippen molar-refractivity contribution in [1.82, 2.24) is 9.97 Å². The maximum Gasteiger partial charge on any atom is 0.235 e. The van der Waals surface area contributed by atoms with Crippen molar-refractivity contribution in [3.63, 3.8) is 0 Å². The molecule has 0 N–H and O–H groups in total. The minimum absolute atomic E-state index is 0.0320. The molecule has 0 unspecified atom stereocenters. The van der Waals surface area contributed by atoms with Crippen LogP contribution in [0.1, 0.15) is 15.9 Å². The van der Waals surface area contributed by atoms with Crippen molar-refractivity contribution in [3.8, 4) is 17.7 Å². The number of nitrogens with zero attached hydrogens (tertiary/aromatic N) is 3. The third-order valence-corrected chi connectivity index (χ3v) is 3.28. The van der Waals surface area contributed by atoms with E-state index in [0.717, 1.165) is 24.2 Å². The Kier molecular flexibility index (Phi) is 4.73. The summed E-state index contributed by atoms with van der Waals surface area (Å²) in [7, 11) is 0. The maximum absolute atomic E-state index is 13.8. The molecule has 0 aliphatic rings. The summed E-state index contributed by atoms with van der Waals surface area (Å²) in [5, 5.41) is 8.21. The predicted octanol–water partition coefficient (Wildman–Crippen LogP) is 3.44. The first kappa shape index (κ1) is 15.2. The van der Waals surface area contributed by atoms with Crippen molar-refractivity contribution >= 4 is 28.5 Å². The molecule has 0 saturated carbocycles. The monoisotopic (exact) mass is 323 g/mol. The van der Waals surface area contributed by atoms with Gasteiger partial charge in [-0.1, -0.05) is 23.4 Å². The van der Waals surface area contributed by atoms with Gasteiger partial charge >= 0.3 is 0 Å². The van der Waals surface area contributed by atoms with Crippen LogP contribution >= 0.6 is 23.4 Å². The molecule has 2 rings (SSSR count). The molecule has 106 valence electrons. The summed E-state index contributed by atoms with van der Waals surface area (Å²) in [5.74, 6) is -1.05. The van der Waals surface area contributed by atoms with Crippen molar-refractivity contribution in [3.05, 3.63) is 46.6 Å². The molecule has 0 fully saturated rings. The van der Waals surface area contributed by atoms with Gasteiger partial charge < -0.3 is 4.74 Å². The molecule has 1 aromatic carbocycles. The van der Waals surface area contributed by atoms with Crippen LogP contribution in [0.4, 0.5) is 4.39 Å². The summed E-state index contributed by atoms with van der Waals surface area (Å²) < 4.78 is 19.1. The van der Waals surface area contributed by atoms with Gasteiger partial charge in [-0.15, -0.1) is 0 Å². The van der Waals surface area contributed by atoms with Crippen LogP contribution in [0.25, 0.3) is 0 Å². The number of carbonyl (C=O) groups excluding carboxylic acids is 1. The van der Waals surface area contributed by atoms with E-state index >= 15 is 0 Å². The smallest absolute Gasteiger partial charge is 0.235 e. The molecular formula is C13H7ClFN3O2S. The van der Waals surface area contributed by atoms with Crippen LogP contribution in [-0.4, -0.2) is 21.3 Å². The molecule has 1 aromatic heterocycles. The highest BCUT2D eigenvalue weighted by Gasteiger charge is 2.20. The fourth-order valence-corrected chi connectivity index (χ4v) is 2.11. The molecule has 0 atom stereocenters. The van der Waals surface area contributed by atoms with Gasteiger partial charge in [0.05, 0.1) is 11.6 Å². The van der Waals surface area contributed by atoms with Crippen molar-refractivity contribution < 1.29 is 13.9 Å². The zero-order chi connectivity index (χ0) is 15.4. The number of thioether (sulfide) groups is 1. The Hall–Kier alpha value is -2.17. The van der Waals surface area contributed by atoms with Crippen molar-refractivity contribution in [2.45, 2.75) is 0 Å². The largest absolute Gasteiger partial charge is 0.435 e. The molecule has 0 amide bonds. The number of hydrogen-bond acceptors (Lipinski definition) is 6. The standard InChI is InChI=1S/C13H7ClFN3O2S/c1-21-13(19)10-11(14)17-6-18-12(10)20-9-3-2-7(5-16)4-8(9)15/h2-4,6H,1H3. The molecule has 0 saturated heterocycles. The second-order valence-electron chi connectivity index (χ2n) is 3.70. The molecule has 21 heavy (non-hydrogen) atoms. The number of ether oxygens (including phenoxy) is 1. The average Bonchev–Trinajstić information content (AvgIpc) is 2.48. The Balaban J connectivity index is 2.43. The van der Waals surface area contributed by atoms with E-state index in [2.05, 4.69) is 9.97 Å². The van der Waals surface area contributed by atoms with Crippen LogP contribution in [0, 0.1) is 17.1 Å². The molecule has 0 aliphatic heterocycles. The van der Waals surface area contributed by atoms with Crippen LogP contribution in [0.15, 0.2) is 24.5 Å². The van der Waals surface area contributed by atoms with Gasteiger partial charge in [0.2, 0.25) is 11.0 Å². The average molecular weight is 324 g/mol. The normalized spacial score (nSPS) is 10.0. The lowest BCUT2D eigenvalue weighted by Gasteiger charge is -2.09. The van der Waals surface area contributed by atoms with E-state index in [1.54, 1.807) is 12.3 Å². The van der Waals surface area contributed by atoms with Gasteiger partial charge in [-0.05, 0) is 24.5 Å². The van der Waals surface area contributed by atoms with E-state index in [4.69, 9.17) is 21.6 Å². The molecule has 0 spiro atoms. The molecule has 0 bridgehead atoms. The lowest BCUT2D eigenvalue weighted by molar-refractivity contribution is 0.108. The summed E-state index contributed by atoms with van der Waals surface area (Å²) in [6, 6.07) is 5.49. The highest BCUT2D eigenvalue weighted by molar-refractivity contribution is 8.13. The van der Waals surface area contributed by atoms with Gasteiger partial charge in [-0.3, -0.25) is 4.79 Å². The highest BCUT2D eigenvalue weighted by atomic mass is 35.5. The number of halogens is 2. The molecule has 8 heteroatoms. The summed E-state index contributed by atoms with van der Waals surface area (Å²) in [6.45, 7) is 0. The van der Waals surface area contributed by atoms with Crippen LogP contribution in [0.2, 0.25) is 5.15 Å². The van der Waals surface area contributed by atoms with Gasteiger partial charge in [-0.2, -0.15) is 5.26 Å². The summed E-state index contributed by atoms with van der Waals surface area (Å²) >= 11 is 6.76. The Morgan fingerprint density at radius 2 is 2.24 bits per heavy atom. The predicted molar refractivity (Wildman–Crippen MR) is 76.1 cm³/mol. The van der Waals surface area contributed by atoms with Crippen LogP contribution < -0.4 is 4.74 Å². The lowest BCUT2D eigenvalue weighted by Crippen LogP contribution is -2.03. The minimum atomic E-state index is -0.744. The maximum atomic E-state index is 13.8. The third-order valence-electron chi connectivity index (χ3n) is 2.42. The van der Waals surface area contributed by atoms with Gasteiger partial charge in [0.1, 0.15) is 17.0 Å². The Bertz CT molecular complexity index is 749. The van der Waals surface area contributed by atoms with Crippen LogP contribution in [0.5, 0.6) is 11.6 Å². The van der Waals surface area contributed by atoms with Crippen molar-refractivity contribution in [1.29, 1.82) is 5.26 Å². The first-order chi connectivity index (χ1) is 10.1. The van der Waals surface area contributed by atoms with E-state index < -0.39 is 10.9 Å². The number of aromatic nitrogens is 2. The molecule has 1 heterocycles. The fraction of sp³-hybridized carbons (Fsp3) is 0.0769. The highest BCUT2D eigenvalue weighted by Crippen LogP contribution is 2.31. The first-order valence-corrected chi connectivity index (χ1v) is 7.13. The SMILES string of the molecule is CSC(=O)c1c(Cl)ncnc1Oc1ccc(C#N)cc1F. The van der Waals surface area contributed by atoms with Crippen LogP contribution in [0.3, 0.4) is 0 Å².